The highest BCUT2D eigenvalue weighted by molar-refractivity contribution is 6.32. The Bertz CT molecular complexity index is 759. The van der Waals surface area contributed by atoms with Crippen molar-refractivity contribution in [1.82, 2.24) is 5.32 Å². The average molecular weight is 362 g/mol. The van der Waals surface area contributed by atoms with E-state index in [-0.39, 0.29) is 18.9 Å². The molecule has 0 saturated heterocycles. The van der Waals surface area contributed by atoms with Gasteiger partial charge in [0.2, 0.25) is 5.91 Å². The van der Waals surface area contributed by atoms with Crippen molar-refractivity contribution in [3.05, 3.63) is 57.6 Å². The standard InChI is InChI=1S/C20H24ClNO3/c1-5-14-10-17(21)19(9-13(14)2)25-12-16-15(11-20(23)22-3)7-6-8-18(16)24-4/h6-10H,5,11-12H2,1-4H3,(H,22,23). The third-order valence-electron chi connectivity index (χ3n) is 4.22. The number of halogens is 1. The summed E-state index contributed by atoms with van der Waals surface area (Å²) in [5.74, 6) is 1.27. The zero-order valence-electron chi connectivity index (χ0n) is 15.1. The zero-order chi connectivity index (χ0) is 18.4. The van der Waals surface area contributed by atoms with Crippen molar-refractivity contribution in [3.8, 4) is 11.5 Å². The van der Waals surface area contributed by atoms with Gasteiger partial charge in [0.25, 0.3) is 0 Å². The molecule has 2 aromatic carbocycles. The Morgan fingerprint density at radius 3 is 2.60 bits per heavy atom. The lowest BCUT2D eigenvalue weighted by Gasteiger charge is -2.16. The number of hydrogen-bond acceptors (Lipinski definition) is 3. The van der Waals surface area contributed by atoms with Crippen LogP contribution in [0.25, 0.3) is 0 Å². The maximum Gasteiger partial charge on any atom is 0.224 e. The molecule has 1 amide bonds. The Hall–Kier alpha value is -2.20. The second-order valence-electron chi connectivity index (χ2n) is 5.80. The van der Waals surface area contributed by atoms with E-state index in [1.165, 1.54) is 5.56 Å². The molecule has 0 aliphatic rings. The lowest BCUT2D eigenvalue weighted by molar-refractivity contribution is -0.119. The molecular weight excluding hydrogens is 338 g/mol. The van der Waals surface area contributed by atoms with E-state index in [9.17, 15) is 4.79 Å². The summed E-state index contributed by atoms with van der Waals surface area (Å²) in [7, 11) is 3.23. The van der Waals surface area contributed by atoms with Gasteiger partial charge in [-0.25, -0.2) is 0 Å². The van der Waals surface area contributed by atoms with Gasteiger partial charge in [-0.05, 0) is 48.2 Å². The second-order valence-corrected chi connectivity index (χ2v) is 6.21. The van der Waals surface area contributed by atoms with Crippen molar-refractivity contribution in [3.63, 3.8) is 0 Å². The molecule has 0 fully saturated rings. The van der Waals surface area contributed by atoms with Gasteiger partial charge in [0, 0.05) is 12.6 Å². The number of methoxy groups -OCH3 is 1. The molecule has 0 aliphatic heterocycles. The van der Waals surface area contributed by atoms with Crippen LogP contribution >= 0.6 is 11.6 Å². The number of amides is 1. The maximum absolute atomic E-state index is 11.8. The summed E-state index contributed by atoms with van der Waals surface area (Å²) in [6.07, 6.45) is 1.20. The highest BCUT2D eigenvalue weighted by Crippen LogP contribution is 2.31. The van der Waals surface area contributed by atoms with E-state index in [0.717, 1.165) is 23.1 Å². The number of nitrogens with one attached hydrogen (secondary N) is 1. The van der Waals surface area contributed by atoms with Gasteiger partial charge in [-0.3, -0.25) is 4.79 Å². The number of aryl methyl sites for hydroxylation is 2. The van der Waals surface area contributed by atoms with Crippen LogP contribution in [0.5, 0.6) is 11.5 Å². The Morgan fingerprint density at radius 1 is 1.20 bits per heavy atom. The van der Waals surface area contributed by atoms with Crippen LogP contribution in [0.3, 0.4) is 0 Å². The van der Waals surface area contributed by atoms with Crippen molar-refractivity contribution in [1.29, 1.82) is 0 Å². The van der Waals surface area contributed by atoms with Gasteiger partial charge in [-0.2, -0.15) is 0 Å². The predicted octanol–water partition coefficient (Wildman–Crippen LogP) is 4.09. The van der Waals surface area contributed by atoms with Gasteiger partial charge >= 0.3 is 0 Å². The molecule has 0 heterocycles. The molecule has 1 N–H and O–H groups in total. The van der Waals surface area contributed by atoms with Crippen molar-refractivity contribution >= 4 is 17.5 Å². The summed E-state index contributed by atoms with van der Waals surface area (Å²) in [4.78, 5) is 11.8. The minimum atomic E-state index is -0.0596. The predicted molar refractivity (Wildman–Crippen MR) is 101 cm³/mol. The topological polar surface area (TPSA) is 47.6 Å². The van der Waals surface area contributed by atoms with Crippen molar-refractivity contribution in [2.75, 3.05) is 14.2 Å². The molecule has 5 heteroatoms. The van der Waals surface area contributed by atoms with E-state index in [2.05, 4.69) is 12.2 Å². The summed E-state index contributed by atoms with van der Waals surface area (Å²) in [5.41, 5.74) is 4.07. The van der Waals surface area contributed by atoms with Crippen LogP contribution in [0.4, 0.5) is 0 Å². The fourth-order valence-corrected chi connectivity index (χ4v) is 2.97. The SMILES string of the molecule is CCc1cc(Cl)c(OCc2c(CC(=O)NC)cccc2OC)cc1C. The molecule has 0 unspecified atom stereocenters. The van der Waals surface area contributed by atoms with Gasteiger partial charge in [-0.1, -0.05) is 30.7 Å². The van der Waals surface area contributed by atoms with Crippen LogP contribution < -0.4 is 14.8 Å². The van der Waals surface area contributed by atoms with E-state index in [1.54, 1.807) is 14.2 Å². The summed E-state index contributed by atoms with van der Waals surface area (Å²) in [5, 5.41) is 3.23. The fraction of sp³-hybridized carbons (Fsp3) is 0.350. The fourth-order valence-electron chi connectivity index (χ4n) is 2.73. The highest BCUT2D eigenvalue weighted by atomic mass is 35.5. The number of likely N-dealkylation sites (N-methyl/N-ethyl adjacent to an activating group) is 1. The maximum atomic E-state index is 11.8. The van der Waals surface area contributed by atoms with Crippen LogP contribution in [-0.4, -0.2) is 20.1 Å². The van der Waals surface area contributed by atoms with E-state index in [1.807, 2.05) is 37.3 Å². The number of rotatable bonds is 7. The van der Waals surface area contributed by atoms with Gasteiger partial charge < -0.3 is 14.8 Å². The molecule has 0 saturated carbocycles. The van der Waals surface area contributed by atoms with Crippen LogP contribution in [0.2, 0.25) is 5.02 Å². The third kappa shape index (κ3) is 4.67. The largest absolute Gasteiger partial charge is 0.496 e. The first kappa shape index (κ1) is 19.1. The molecule has 0 atom stereocenters. The number of carbonyl (C=O) groups excluding carboxylic acids is 1. The first-order valence-electron chi connectivity index (χ1n) is 8.27. The Labute approximate surface area is 154 Å². The molecule has 134 valence electrons. The molecule has 4 nitrogen and oxygen atoms in total. The van der Waals surface area contributed by atoms with Gasteiger partial charge in [0.05, 0.1) is 18.6 Å². The molecule has 0 bridgehead atoms. The molecule has 0 aliphatic carbocycles. The molecule has 2 aromatic rings. The van der Waals surface area contributed by atoms with E-state index in [0.29, 0.717) is 16.5 Å². The summed E-state index contributed by atoms with van der Waals surface area (Å²) in [6, 6.07) is 9.53. The van der Waals surface area contributed by atoms with E-state index < -0.39 is 0 Å². The van der Waals surface area contributed by atoms with Gasteiger partial charge in [0.1, 0.15) is 18.1 Å². The Balaban J connectivity index is 2.28. The Kier molecular flexibility index (Phi) is 6.71. The van der Waals surface area contributed by atoms with Crippen LogP contribution in [-0.2, 0) is 24.2 Å². The number of benzene rings is 2. The smallest absolute Gasteiger partial charge is 0.224 e. The molecule has 2 rings (SSSR count). The van der Waals surface area contributed by atoms with Crippen LogP contribution in [0, 0.1) is 6.92 Å². The van der Waals surface area contributed by atoms with Crippen molar-refractivity contribution in [2.24, 2.45) is 0 Å². The molecule has 0 radical (unpaired) electrons. The van der Waals surface area contributed by atoms with Gasteiger partial charge in [-0.15, -0.1) is 0 Å². The van der Waals surface area contributed by atoms with Crippen molar-refractivity contribution < 1.29 is 14.3 Å². The lowest BCUT2D eigenvalue weighted by atomic mass is 10.0. The lowest BCUT2D eigenvalue weighted by Crippen LogP contribution is -2.21. The molecule has 0 spiro atoms. The monoisotopic (exact) mass is 361 g/mol. The third-order valence-corrected chi connectivity index (χ3v) is 4.52. The quantitative estimate of drug-likeness (QED) is 0.808. The summed E-state index contributed by atoms with van der Waals surface area (Å²) >= 11 is 6.35. The van der Waals surface area contributed by atoms with Crippen LogP contribution in [0.15, 0.2) is 30.3 Å². The second kappa shape index (κ2) is 8.77. The first-order valence-corrected chi connectivity index (χ1v) is 8.65. The summed E-state index contributed by atoms with van der Waals surface area (Å²) in [6.45, 7) is 4.42. The number of carbonyl (C=O) groups is 1. The first-order chi connectivity index (χ1) is 12.0. The number of ether oxygens (including phenoxy) is 2. The molecular formula is C20H24ClNO3. The average Bonchev–Trinajstić information content (AvgIpc) is 2.62. The van der Waals surface area contributed by atoms with E-state index in [4.69, 9.17) is 21.1 Å². The number of hydrogen-bond donors (Lipinski definition) is 1. The molecule has 0 aromatic heterocycles. The zero-order valence-corrected chi connectivity index (χ0v) is 15.9. The normalized spacial score (nSPS) is 10.4. The minimum absolute atomic E-state index is 0.0596. The van der Waals surface area contributed by atoms with Crippen LogP contribution in [0.1, 0.15) is 29.2 Å². The summed E-state index contributed by atoms with van der Waals surface area (Å²) < 4.78 is 11.4. The van der Waals surface area contributed by atoms with Gasteiger partial charge in [0.15, 0.2) is 0 Å². The molecule has 25 heavy (non-hydrogen) atoms. The minimum Gasteiger partial charge on any atom is -0.496 e. The highest BCUT2D eigenvalue weighted by Gasteiger charge is 2.14. The van der Waals surface area contributed by atoms with E-state index >= 15 is 0 Å². The Morgan fingerprint density at radius 2 is 1.96 bits per heavy atom. The van der Waals surface area contributed by atoms with Crippen molar-refractivity contribution in [2.45, 2.75) is 33.3 Å².